The van der Waals surface area contributed by atoms with Gasteiger partial charge in [-0.15, -0.1) is 0 Å². The molecule has 4 saturated carbocycles. The van der Waals surface area contributed by atoms with E-state index in [4.69, 9.17) is 4.74 Å². The second-order valence-corrected chi connectivity index (χ2v) is 11.0. The fraction of sp³-hybridized carbons (Fsp3) is 0.870. The molecule has 6 aliphatic rings. The molecule has 0 aromatic rings. The van der Waals surface area contributed by atoms with E-state index >= 15 is 0 Å². The van der Waals surface area contributed by atoms with Crippen molar-refractivity contribution in [2.75, 3.05) is 6.61 Å². The number of epoxide rings is 1. The van der Waals surface area contributed by atoms with E-state index in [0.29, 0.717) is 48.7 Å². The average Bonchev–Trinajstić information content (AvgIpc) is 3.52. The fourth-order valence-corrected chi connectivity index (χ4v) is 8.71. The summed E-state index contributed by atoms with van der Waals surface area (Å²) < 4.78 is 6.66. The van der Waals surface area contributed by atoms with E-state index in [1.807, 2.05) is 6.08 Å². The highest BCUT2D eigenvalue weighted by Crippen LogP contribution is 2.82. The number of hydrogen-bond acceptors (Lipinski definition) is 4. The molecule has 0 radical (unpaired) electrons. The van der Waals surface area contributed by atoms with Crippen molar-refractivity contribution < 1.29 is 19.7 Å². The Morgan fingerprint density at radius 2 is 2.11 bits per heavy atom. The van der Waals surface area contributed by atoms with Gasteiger partial charge in [-0.1, -0.05) is 19.4 Å². The Bertz CT molecular complexity index is 759. The van der Waals surface area contributed by atoms with Crippen LogP contribution in [0.3, 0.4) is 0 Å². The van der Waals surface area contributed by atoms with Gasteiger partial charge in [0, 0.05) is 23.9 Å². The number of hydrogen-bond donors (Lipinski definition) is 2. The first-order chi connectivity index (χ1) is 12.8. The maximum atomic E-state index is 12.2. The third kappa shape index (κ3) is 1.76. The molecular formula is C23H32O4. The number of rotatable bonds is 3. The van der Waals surface area contributed by atoms with Gasteiger partial charge in [0.1, 0.15) is 5.60 Å². The molecule has 4 heteroatoms. The molecule has 0 amide bonds. The molecule has 0 unspecified atom stereocenters. The molecule has 5 aliphatic carbocycles. The van der Waals surface area contributed by atoms with E-state index in [9.17, 15) is 15.0 Å². The zero-order valence-electron chi connectivity index (χ0n) is 16.5. The second kappa shape index (κ2) is 4.88. The second-order valence-electron chi connectivity index (χ2n) is 11.0. The highest BCUT2D eigenvalue weighted by molar-refractivity contribution is 5.92. The molecule has 1 aliphatic heterocycles. The average molecular weight is 373 g/mol. The standard InChI is InChI=1S/C23H32O4/c1-20-7-4-13(25)10-17(20)14-11-15(14)19-16-5-8-22(26,6-3-9-24)21(16,2)12-18-23(19,20)27-18/h10,14-16,18-19,24,26H,3-9,11-12H2,1-2H3/t14-,15+,16-,18+,19-,20-,21-,22-,23+/m0/s1. The van der Waals surface area contributed by atoms with Crippen LogP contribution < -0.4 is 0 Å². The zero-order valence-corrected chi connectivity index (χ0v) is 16.5. The first kappa shape index (κ1) is 17.2. The van der Waals surface area contributed by atoms with Crippen molar-refractivity contribution >= 4 is 5.78 Å². The highest BCUT2D eigenvalue weighted by Gasteiger charge is 2.84. The lowest BCUT2D eigenvalue weighted by molar-refractivity contribution is -0.123. The summed E-state index contributed by atoms with van der Waals surface area (Å²) in [5, 5.41) is 20.9. The Hall–Kier alpha value is -0.710. The van der Waals surface area contributed by atoms with Crippen LogP contribution in [0, 0.1) is 34.5 Å². The molecule has 5 fully saturated rings. The number of carbonyl (C=O) groups is 1. The van der Waals surface area contributed by atoms with Gasteiger partial charge in [-0.25, -0.2) is 0 Å². The monoisotopic (exact) mass is 372 g/mol. The molecule has 1 spiro atoms. The van der Waals surface area contributed by atoms with Gasteiger partial charge >= 0.3 is 0 Å². The summed E-state index contributed by atoms with van der Waals surface area (Å²) in [5.41, 5.74) is 0.569. The summed E-state index contributed by atoms with van der Waals surface area (Å²) >= 11 is 0. The van der Waals surface area contributed by atoms with Gasteiger partial charge in [0.15, 0.2) is 5.78 Å². The molecule has 9 atom stereocenters. The Labute approximate surface area is 161 Å². The van der Waals surface area contributed by atoms with Crippen LogP contribution in [0.4, 0.5) is 0 Å². The van der Waals surface area contributed by atoms with Crippen LogP contribution in [0.1, 0.15) is 65.2 Å². The van der Waals surface area contributed by atoms with Gasteiger partial charge < -0.3 is 14.9 Å². The predicted molar refractivity (Wildman–Crippen MR) is 99.8 cm³/mol. The van der Waals surface area contributed by atoms with E-state index in [2.05, 4.69) is 13.8 Å². The maximum Gasteiger partial charge on any atom is 0.155 e. The van der Waals surface area contributed by atoms with E-state index in [1.54, 1.807) is 0 Å². The molecule has 27 heavy (non-hydrogen) atoms. The summed E-state index contributed by atoms with van der Waals surface area (Å²) in [6.07, 6.45) is 9.27. The van der Waals surface area contributed by atoms with E-state index in [-0.39, 0.29) is 29.1 Å². The highest BCUT2D eigenvalue weighted by atomic mass is 16.6. The van der Waals surface area contributed by atoms with Crippen molar-refractivity contribution in [3.8, 4) is 0 Å². The van der Waals surface area contributed by atoms with E-state index < -0.39 is 5.60 Å². The minimum absolute atomic E-state index is 0.0149. The van der Waals surface area contributed by atoms with Gasteiger partial charge in [-0.05, 0) is 74.7 Å². The lowest BCUT2D eigenvalue weighted by atomic mass is 9.46. The van der Waals surface area contributed by atoms with Crippen LogP contribution in [-0.4, -0.2) is 39.9 Å². The Morgan fingerprint density at radius 1 is 1.30 bits per heavy atom. The zero-order chi connectivity index (χ0) is 18.8. The Kier molecular flexibility index (Phi) is 3.10. The van der Waals surface area contributed by atoms with Crippen molar-refractivity contribution in [2.24, 2.45) is 34.5 Å². The van der Waals surface area contributed by atoms with Gasteiger partial charge in [0.2, 0.25) is 0 Å². The third-order valence-electron chi connectivity index (χ3n) is 10.2. The molecule has 4 nitrogen and oxygen atoms in total. The minimum Gasteiger partial charge on any atom is -0.396 e. The van der Waals surface area contributed by atoms with Crippen LogP contribution >= 0.6 is 0 Å². The molecule has 0 bridgehead atoms. The minimum atomic E-state index is -0.664. The van der Waals surface area contributed by atoms with E-state index in [1.165, 1.54) is 12.0 Å². The first-order valence-corrected chi connectivity index (χ1v) is 11.1. The maximum absolute atomic E-state index is 12.2. The van der Waals surface area contributed by atoms with E-state index in [0.717, 1.165) is 25.7 Å². The molecule has 6 rings (SSSR count). The Balaban J connectivity index is 1.42. The summed E-state index contributed by atoms with van der Waals surface area (Å²) in [4.78, 5) is 12.2. The smallest absolute Gasteiger partial charge is 0.155 e. The van der Waals surface area contributed by atoms with Crippen molar-refractivity contribution in [3.05, 3.63) is 11.6 Å². The molecule has 2 N–H and O–H groups in total. The fourth-order valence-electron chi connectivity index (χ4n) is 8.71. The van der Waals surface area contributed by atoms with Crippen LogP contribution in [0.25, 0.3) is 0 Å². The van der Waals surface area contributed by atoms with Crippen LogP contribution in [0.5, 0.6) is 0 Å². The SMILES string of the molecule is C[C@]12CCC(=O)C=C1[C@H]1C[C@H]1[C@H]1[C@@H]3CC[C@@](O)(CCCO)[C@@]3(C)C[C@H]3O[C@@]132. The van der Waals surface area contributed by atoms with Crippen molar-refractivity contribution in [2.45, 2.75) is 82.5 Å². The van der Waals surface area contributed by atoms with Crippen LogP contribution in [-0.2, 0) is 9.53 Å². The quantitative estimate of drug-likeness (QED) is 0.747. The number of carbonyl (C=O) groups excluding carboxylic acids is 1. The number of ether oxygens (including phenoxy) is 1. The molecular weight excluding hydrogens is 340 g/mol. The number of aliphatic hydroxyl groups is 2. The van der Waals surface area contributed by atoms with Gasteiger partial charge in [-0.3, -0.25) is 4.79 Å². The van der Waals surface area contributed by atoms with Crippen molar-refractivity contribution in [1.82, 2.24) is 0 Å². The van der Waals surface area contributed by atoms with Gasteiger partial charge in [0.25, 0.3) is 0 Å². The lowest BCUT2D eigenvalue weighted by Crippen LogP contribution is -2.60. The third-order valence-corrected chi connectivity index (χ3v) is 10.2. The normalized spacial score (nSPS) is 59.8. The predicted octanol–water partition coefficient (Wildman–Crippen LogP) is 3.01. The molecule has 1 saturated heterocycles. The molecule has 0 aromatic carbocycles. The summed E-state index contributed by atoms with van der Waals surface area (Å²) in [6.45, 7) is 4.84. The first-order valence-electron chi connectivity index (χ1n) is 11.1. The van der Waals surface area contributed by atoms with Crippen molar-refractivity contribution in [1.29, 1.82) is 0 Å². The summed E-state index contributed by atoms with van der Waals surface area (Å²) in [6, 6.07) is 0. The number of fused-ring (bicyclic) bond motifs is 6. The van der Waals surface area contributed by atoms with Crippen molar-refractivity contribution in [3.63, 3.8) is 0 Å². The summed E-state index contributed by atoms with van der Waals surface area (Å²) in [7, 11) is 0. The topological polar surface area (TPSA) is 70.1 Å². The molecule has 148 valence electrons. The number of ketones is 1. The van der Waals surface area contributed by atoms with Gasteiger partial charge in [0.05, 0.1) is 11.7 Å². The largest absolute Gasteiger partial charge is 0.396 e. The number of aliphatic hydroxyl groups excluding tert-OH is 1. The molecule has 1 heterocycles. The van der Waals surface area contributed by atoms with Crippen LogP contribution in [0.15, 0.2) is 11.6 Å². The lowest BCUT2D eigenvalue weighted by Gasteiger charge is -2.56. The summed E-state index contributed by atoms with van der Waals surface area (Å²) in [5.74, 6) is 2.56. The Morgan fingerprint density at radius 3 is 2.89 bits per heavy atom. The van der Waals surface area contributed by atoms with Gasteiger partial charge in [-0.2, -0.15) is 0 Å². The molecule has 0 aromatic heterocycles. The van der Waals surface area contributed by atoms with Crippen LogP contribution in [0.2, 0.25) is 0 Å².